The van der Waals surface area contributed by atoms with Crippen LogP contribution in [0.3, 0.4) is 0 Å². The van der Waals surface area contributed by atoms with Crippen LogP contribution in [0, 0.1) is 11.7 Å². The zero-order valence-electron chi connectivity index (χ0n) is 12.6. The summed E-state index contributed by atoms with van der Waals surface area (Å²) in [7, 11) is 0. The van der Waals surface area contributed by atoms with E-state index in [-0.39, 0.29) is 23.5 Å². The van der Waals surface area contributed by atoms with Gasteiger partial charge >= 0.3 is 5.97 Å². The average molecular weight is 396 g/mol. The van der Waals surface area contributed by atoms with Crippen LogP contribution in [0.15, 0.2) is 34.9 Å². The number of rotatable bonds is 4. The van der Waals surface area contributed by atoms with E-state index in [0.717, 1.165) is 0 Å². The average Bonchev–Trinajstić information content (AvgIpc) is 3.15. The minimum absolute atomic E-state index is 0.165. The lowest BCUT2D eigenvalue weighted by Gasteiger charge is -2.11. The number of nitrogens with zero attached hydrogens (tertiary/aromatic N) is 2. The number of aromatic nitrogens is 2. The molecule has 1 amide bonds. The minimum atomic E-state index is -0.825. The first-order valence-electron chi connectivity index (χ1n) is 7.49. The van der Waals surface area contributed by atoms with Crippen molar-refractivity contribution in [1.29, 1.82) is 0 Å². The maximum absolute atomic E-state index is 13.0. The minimum Gasteiger partial charge on any atom is -0.481 e. The normalized spacial score (nSPS) is 20.1. The quantitative estimate of drug-likeness (QED) is 0.833. The molecule has 1 saturated carbocycles. The van der Waals surface area contributed by atoms with Crippen molar-refractivity contribution in [1.82, 2.24) is 15.1 Å². The molecular weight excluding hydrogens is 381 g/mol. The van der Waals surface area contributed by atoms with E-state index >= 15 is 0 Å². The second kappa shape index (κ2) is 6.72. The molecule has 2 N–H and O–H groups in total. The van der Waals surface area contributed by atoms with E-state index in [1.807, 2.05) is 0 Å². The van der Waals surface area contributed by atoms with Crippen LogP contribution in [0.4, 0.5) is 4.39 Å². The standard InChI is InChI=1S/C16H15BrFN3O3/c17-13-8-21(12-5-2-10(18)3-6-12)20-14(13)15(22)19-11-4-1-9(7-11)16(23)24/h2-3,5-6,8-9,11H,1,4,7H2,(H,19,22)(H,23,24)/t9-,11+/m1/s1. The molecular formula is C16H15BrFN3O3. The molecule has 1 aliphatic rings. The van der Waals surface area contributed by atoms with E-state index in [1.54, 1.807) is 18.3 Å². The number of nitrogens with one attached hydrogen (secondary N) is 1. The van der Waals surface area contributed by atoms with Gasteiger partial charge in [0, 0.05) is 12.2 Å². The Morgan fingerprint density at radius 2 is 2.00 bits per heavy atom. The summed E-state index contributed by atoms with van der Waals surface area (Å²) in [6.45, 7) is 0. The molecule has 6 nitrogen and oxygen atoms in total. The largest absolute Gasteiger partial charge is 0.481 e. The van der Waals surface area contributed by atoms with Crippen molar-refractivity contribution in [2.24, 2.45) is 5.92 Å². The molecule has 0 radical (unpaired) electrons. The summed E-state index contributed by atoms with van der Waals surface area (Å²) in [4.78, 5) is 23.4. The van der Waals surface area contributed by atoms with E-state index in [0.29, 0.717) is 29.4 Å². The van der Waals surface area contributed by atoms with Gasteiger partial charge < -0.3 is 10.4 Å². The number of carboxylic acids is 1. The molecule has 2 aromatic rings. The number of halogens is 2. The fourth-order valence-corrected chi connectivity index (χ4v) is 3.28. The van der Waals surface area contributed by atoms with Crippen LogP contribution in [-0.4, -0.2) is 32.8 Å². The van der Waals surface area contributed by atoms with Gasteiger partial charge in [0.2, 0.25) is 0 Å². The van der Waals surface area contributed by atoms with Gasteiger partial charge in [-0.3, -0.25) is 9.59 Å². The van der Waals surface area contributed by atoms with Crippen LogP contribution in [-0.2, 0) is 4.79 Å². The zero-order chi connectivity index (χ0) is 17.3. The molecule has 2 atom stereocenters. The third-order valence-corrected chi connectivity index (χ3v) is 4.67. The van der Waals surface area contributed by atoms with Gasteiger partial charge in [0.15, 0.2) is 5.69 Å². The Hall–Kier alpha value is -2.22. The van der Waals surface area contributed by atoms with Crippen LogP contribution < -0.4 is 5.32 Å². The first-order chi connectivity index (χ1) is 11.4. The van der Waals surface area contributed by atoms with Crippen molar-refractivity contribution < 1.29 is 19.1 Å². The number of carbonyl (C=O) groups is 2. The molecule has 126 valence electrons. The number of aliphatic carboxylic acids is 1. The van der Waals surface area contributed by atoms with Crippen LogP contribution in [0.5, 0.6) is 0 Å². The molecule has 1 fully saturated rings. The Morgan fingerprint density at radius 3 is 2.62 bits per heavy atom. The van der Waals surface area contributed by atoms with Crippen molar-refractivity contribution in [3.8, 4) is 5.69 Å². The Kier molecular flexibility index (Phi) is 4.66. The third kappa shape index (κ3) is 3.48. The molecule has 1 aliphatic carbocycles. The Bertz CT molecular complexity index is 775. The monoisotopic (exact) mass is 395 g/mol. The Balaban J connectivity index is 1.72. The summed E-state index contributed by atoms with van der Waals surface area (Å²) in [6.07, 6.45) is 3.25. The lowest BCUT2D eigenvalue weighted by atomic mass is 10.1. The molecule has 1 aromatic carbocycles. The van der Waals surface area contributed by atoms with Crippen LogP contribution in [0.1, 0.15) is 29.8 Å². The molecule has 0 aliphatic heterocycles. The second-order valence-electron chi connectivity index (χ2n) is 5.77. The summed E-state index contributed by atoms with van der Waals surface area (Å²) in [5, 5.41) is 16.1. The van der Waals surface area contributed by atoms with Crippen LogP contribution >= 0.6 is 15.9 Å². The highest BCUT2D eigenvalue weighted by molar-refractivity contribution is 9.10. The van der Waals surface area contributed by atoms with E-state index in [9.17, 15) is 14.0 Å². The van der Waals surface area contributed by atoms with Crippen LogP contribution in [0.25, 0.3) is 5.69 Å². The predicted octanol–water partition coefficient (Wildman–Crippen LogP) is 2.76. The van der Waals surface area contributed by atoms with Gasteiger partial charge in [-0.15, -0.1) is 0 Å². The van der Waals surface area contributed by atoms with E-state index < -0.39 is 11.9 Å². The third-order valence-electron chi connectivity index (χ3n) is 4.09. The summed E-state index contributed by atoms with van der Waals surface area (Å²) in [5.41, 5.74) is 0.834. The van der Waals surface area contributed by atoms with Crippen LogP contribution in [0.2, 0.25) is 0 Å². The zero-order valence-corrected chi connectivity index (χ0v) is 14.2. The van der Waals surface area contributed by atoms with Gasteiger partial charge in [0.25, 0.3) is 5.91 Å². The fourth-order valence-electron chi connectivity index (χ4n) is 2.82. The van der Waals surface area contributed by atoms with Crippen molar-refractivity contribution in [2.45, 2.75) is 25.3 Å². The molecule has 1 heterocycles. The molecule has 0 saturated heterocycles. The predicted molar refractivity (Wildman–Crippen MR) is 87.5 cm³/mol. The summed E-state index contributed by atoms with van der Waals surface area (Å²) in [6, 6.07) is 5.58. The maximum Gasteiger partial charge on any atom is 0.306 e. The SMILES string of the molecule is O=C(N[C@H]1CC[C@@H](C(=O)O)C1)c1nn(-c2ccc(F)cc2)cc1Br. The molecule has 1 aromatic heterocycles. The topological polar surface area (TPSA) is 84.2 Å². The summed E-state index contributed by atoms with van der Waals surface area (Å²) >= 11 is 3.30. The Morgan fingerprint density at radius 1 is 1.29 bits per heavy atom. The van der Waals surface area contributed by atoms with Crippen molar-refractivity contribution >= 4 is 27.8 Å². The smallest absolute Gasteiger partial charge is 0.306 e. The van der Waals surface area contributed by atoms with E-state index in [4.69, 9.17) is 5.11 Å². The van der Waals surface area contributed by atoms with Gasteiger partial charge in [-0.05, 0) is 59.5 Å². The van der Waals surface area contributed by atoms with Gasteiger partial charge in [0.05, 0.1) is 16.1 Å². The van der Waals surface area contributed by atoms with Gasteiger partial charge in [-0.2, -0.15) is 5.10 Å². The fraction of sp³-hybridized carbons (Fsp3) is 0.312. The highest BCUT2D eigenvalue weighted by Gasteiger charge is 2.31. The number of hydrogen-bond acceptors (Lipinski definition) is 3. The molecule has 24 heavy (non-hydrogen) atoms. The lowest BCUT2D eigenvalue weighted by Crippen LogP contribution is -2.33. The molecule has 0 unspecified atom stereocenters. The molecule has 3 rings (SSSR count). The Labute approximate surface area is 145 Å². The summed E-state index contributed by atoms with van der Waals surface area (Å²) in [5.74, 6) is -1.94. The van der Waals surface area contributed by atoms with Gasteiger partial charge in [0.1, 0.15) is 5.82 Å². The number of carbonyl (C=O) groups excluding carboxylic acids is 1. The molecule has 0 bridgehead atoms. The first-order valence-corrected chi connectivity index (χ1v) is 8.28. The number of carboxylic acid groups (broad SMARTS) is 1. The second-order valence-corrected chi connectivity index (χ2v) is 6.62. The van der Waals surface area contributed by atoms with Gasteiger partial charge in [-0.25, -0.2) is 9.07 Å². The molecule has 8 heteroatoms. The lowest BCUT2D eigenvalue weighted by molar-refractivity contribution is -0.141. The number of amides is 1. The highest BCUT2D eigenvalue weighted by atomic mass is 79.9. The maximum atomic E-state index is 13.0. The van der Waals surface area contributed by atoms with E-state index in [1.165, 1.54) is 16.8 Å². The summed E-state index contributed by atoms with van der Waals surface area (Å²) < 4.78 is 15.0. The number of benzene rings is 1. The number of hydrogen-bond donors (Lipinski definition) is 2. The molecule has 0 spiro atoms. The highest BCUT2D eigenvalue weighted by Crippen LogP contribution is 2.26. The first kappa shape index (κ1) is 16.6. The van der Waals surface area contributed by atoms with E-state index in [2.05, 4.69) is 26.3 Å². The van der Waals surface area contributed by atoms with Gasteiger partial charge in [-0.1, -0.05) is 0 Å². The van der Waals surface area contributed by atoms with Crippen molar-refractivity contribution in [3.63, 3.8) is 0 Å². The van der Waals surface area contributed by atoms with Crippen molar-refractivity contribution in [3.05, 3.63) is 46.4 Å². The van der Waals surface area contributed by atoms with Crippen molar-refractivity contribution in [2.75, 3.05) is 0 Å².